The van der Waals surface area contributed by atoms with E-state index in [9.17, 15) is 18.5 Å². The van der Waals surface area contributed by atoms with E-state index in [0.717, 1.165) is 40.4 Å². The number of fused-ring (bicyclic) bond motifs is 1. The van der Waals surface area contributed by atoms with Gasteiger partial charge in [-0.2, -0.15) is 9.57 Å². The normalized spacial score (nSPS) is 13.9. The van der Waals surface area contributed by atoms with E-state index in [1.807, 2.05) is 0 Å². The van der Waals surface area contributed by atoms with E-state index in [1.165, 1.54) is 30.5 Å². The second-order valence-corrected chi connectivity index (χ2v) is 9.30. The highest BCUT2D eigenvalue weighted by Gasteiger charge is 2.25. The molecule has 1 heterocycles. The van der Waals surface area contributed by atoms with E-state index >= 15 is 0 Å². The van der Waals surface area contributed by atoms with E-state index in [2.05, 4.69) is 11.4 Å². The molecule has 0 bridgehead atoms. The summed E-state index contributed by atoms with van der Waals surface area (Å²) in [5.74, 6) is -0.456. The molecule has 6 nitrogen and oxygen atoms in total. The molecule has 0 aliphatic heterocycles. The number of benzene rings is 1. The number of nitrogens with one attached hydrogen (secondary N) is 1. The van der Waals surface area contributed by atoms with Gasteiger partial charge in [-0.15, -0.1) is 11.3 Å². The fourth-order valence-corrected chi connectivity index (χ4v) is 5.40. The highest BCUT2D eigenvalue weighted by Crippen LogP contribution is 2.37. The van der Waals surface area contributed by atoms with Gasteiger partial charge in [0.25, 0.3) is 0 Å². The van der Waals surface area contributed by atoms with Crippen LogP contribution < -0.4 is 5.32 Å². The standard InChI is InChI=1S/C18H19N3O3S2/c1-21(26(23,24)13-7-3-2-4-8-13)12-17(22)20-18-15(11-19)14-9-5-6-10-16(14)25-18/h2-4,7-8H,5-6,9-10,12H2,1H3,(H,20,22). The number of nitrogens with zero attached hydrogens (tertiary/aromatic N) is 2. The summed E-state index contributed by atoms with van der Waals surface area (Å²) < 4.78 is 26.0. The Morgan fingerprint density at radius 1 is 1.27 bits per heavy atom. The van der Waals surface area contributed by atoms with Gasteiger partial charge in [0.2, 0.25) is 15.9 Å². The summed E-state index contributed by atoms with van der Waals surface area (Å²) >= 11 is 1.42. The van der Waals surface area contributed by atoms with Crippen LogP contribution in [0.4, 0.5) is 5.00 Å². The molecule has 1 aromatic heterocycles. The molecular weight excluding hydrogens is 370 g/mol. The summed E-state index contributed by atoms with van der Waals surface area (Å²) in [6.07, 6.45) is 3.91. The predicted molar refractivity (Wildman–Crippen MR) is 101 cm³/mol. The number of amides is 1. The maximum atomic E-state index is 12.5. The summed E-state index contributed by atoms with van der Waals surface area (Å²) in [5.41, 5.74) is 1.55. The second kappa shape index (κ2) is 7.58. The van der Waals surface area contributed by atoms with Crippen LogP contribution in [0.25, 0.3) is 0 Å². The zero-order valence-electron chi connectivity index (χ0n) is 14.4. The van der Waals surface area contributed by atoms with Crippen LogP contribution in [0.5, 0.6) is 0 Å². The number of hydrogen-bond donors (Lipinski definition) is 1. The van der Waals surface area contributed by atoms with Gasteiger partial charge >= 0.3 is 0 Å². The Morgan fingerprint density at radius 3 is 2.65 bits per heavy atom. The van der Waals surface area contributed by atoms with Crippen molar-refractivity contribution in [2.45, 2.75) is 30.6 Å². The van der Waals surface area contributed by atoms with Gasteiger partial charge in [-0.25, -0.2) is 8.42 Å². The molecule has 1 aliphatic rings. The van der Waals surface area contributed by atoms with Crippen molar-refractivity contribution in [2.75, 3.05) is 18.9 Å². The molecule has 0 atom stereocenters. The third-order valence-corrected chi connectivity index (χ3v) is 7.38. The van der Waals surface area contributed by atoms with Gasteiger partial charge in [0.15, 0.2) is 0 Å². The quantitative estimate of drug-likeness (QED) is 0.851. The van der Waals surface area contributed by atoms with Gasteiger partial charge in [0, 0.05) is 11.9 Å². The maximum Gasteiger partial charge on any atom is 0.243 e. The largest absolute Gasteiger partial charge is 0.315 e. The number of likely N-dealkylation sites (N-methyl/N-ethyl adjacent to an activating group) is 1. The predicted octanol–water partition coefficient (Wildman–Crippen LogP) is 2.76. The fourth-order valence-electron chi connectivity index (χ4n) is 3.00. The number of hydrogen-bond acceptors (Lipinski definition) is 5. The zero-order valence-corrected chi connectivity index (χ0v) is 16.0. The average molecular weight is 390 g/mol. The Hall–Kier alpha value is -2.21. The van der Waals surface area contributed by atoms with Gasteiger partial charge in [-0.3, -0.25) is 4.79 Å². The minimum Gasteiger partial charge on any atom is -0.315 e. The lowest BCUT2D eigenvalue weighted by atomic mass is 9.96. The number of sulfonamides is 1. The Balaban J connectivity index is 1.74. The lowest BCUT2D eigenvalue weighted by Crippen LogP contribution is -2.34. The van der Waals surface area contributed by atoms with E-state index in [0.29, 0.717) is 10.6 Å². The van der Waals surface area contributed by atoms with Gasteiger partial charge in [0.05, 0.1) is 17.0 Å². The summed E-state index contributed by atoms with van der Waals surface area (Å²) in [4.78, 5) is 13.6. The van der Waals surface area contributed by atoms with Crippen molar-refractivity contribution in [3.8, 4) is 6.07 Å². The molecule has 0 saturated carbocycles. The van der Waals surface area contributed by atoms with Crippen molar-refractivity contribution in [3.63, 3.8) is 0 Å². The SMILES string of the molecule is CN(CC(=O)Nc1sc2c(c1C#N)CCCC2)S(=O)(=O)c1ccccc1. The third kappa shape index (κ3) is 3.65. The second-order valence-electron chi connectivity index (χ2n) is 6.15. The third-order valence-electron chi connectivity index (χ3n) is 4.35. The van der Waals surface area contributed by atoms with E-state index in [4.69, 9.17) is 0 Å². The first-order valence-electron chi connectivity index (χ1n) is 8.29. The van der Waals surface area contributed by atoms with Crippen molar-refractivity contribution >= 4 is 32.3 Å². The first-order valence-corrected chi connectivity index (χ1v) is 10.5. The van der Waals surface area contributed by atoms with Crippen LogP contribution >= 0.6 is 11.3 Å². The van der Waals surface area contributed by atoms with Gasteiger partial charge in [0.1, 0.15) is 11.1 Å². The van der Waals surface area contributed by atoms with Crippen molar-refractivity contribution in [3.05, 3.63) is 46.3 Å². The highest BCUT2D eigenvalue weighted by molar-refractivity contribution is 7.89. The lowest BCUT2D eigenvalue weighted by molar-refractivity contribution is -0.116. The molecule has 1 amide bonds. The maximum absolute atomic E-state index is 12.5. The van der Waals surface area contributed by atoms with Crippen LogP contribution in [-0.2, 0) is 27.7 Å². The Labute approximate surface area is 157 Å². The number of thiophene rings is 1. The summed E-state index contributed by atoms with van der Waals surface area (Å²) in [6, 6.07) is 10.2. The molecule has 2 aromatic rings. The number of aryl methyl sites for hydroxylation is 1. The van der Waals surface area contributed by atoms with Crippen LogP contribution in [0.15, 0.2) is 35.2 Å². The number of carbonyl (C=O) groups is 1. The van der Waals surface area contributed by atoms with Gasteiger partial charge in [-0.1, -0.05) is 18.2 Å². The van der Waals surface area contributed by atoms with E-state index in [1.54, 1.807) is 18.2 Å². The van der Waals surface area contributed by atoms with Crippen molar-refractivity contribution < 1.29 is 13.2 Å². The zero-order chi connectivity index (χ0) is 18.7. The number of carbonyl (C=O) groups excluding carboxylic acids is 1. The van der Waals surface area contributed by atoms with Crippen molar-refractivity contribution in [2.24, 2.45) is 0 Å². The number of nitriles is 1. The van der Waals surface area contributed by atoms with Crippen LogP contribution in [0.1, 0.15) is 28.8 Å². The highest BCUT2D eigenvalue weighted by atomic mass is 32.2. The number of rotatable bonds is 5. The topological polar surface area (TPSA) is 90.3 Å². The molecule has 3 rings (SSSR count). The minimum absolute atomic E-state index is 0.139. The summed E-state index contributed by atoms with van der Waals surface area (Å²) in [5, 5.41) is 12.7. The minimum atomic E-state index is -3.73. The van der Waals surface area contributed by atoms with Crippen molar-refractivity contribution in [1.82, 2.24) is 4.31 Å². The van der Waals surface area contributed by atoms with Crippen LogP contribution in [0, 0.1) is 11.3 Å². The molecule has 0 fully saturated rings. The Morgan fingerprint density at radius 2 is 1.96 bits per heavy atom. The monoisotopic (exact) mass is 389 g/mol. The molecule has 136 valence electrons. The lowest BCUT2D eigenvalue weighted by Gasteiger charge is -2.16. The van der Waals surface area contributed by atoms with E-state index < -0.39 is 15.9 Å². The van der Waals surface area contributed by atoms with Gasteiger partial charge < -0.3 is 5.32 Å². The molecule has 1 N–H and O–H groups in total. The summed E-state index contributed by atoms with van der Waals surface area (Å²) in [7, 11) is -2.37. The van der Waals surface area contributed by atoms with Crippen molar-refractivity contribution in [1.29, 1.82) is 5.26 Å². The Bertz CT molecular complexity index is 960. The molecule has 0 saturated heterocycles. The first kappa shape index (κ1) is 18.6. The van der Waals surface area contributed by atoms with Crippen LogP contribution in [0.2, 0.25) is 0 Å². The number of anilines is 1. The molecular formula is C18H19N3O3S2. The fraction of sp³-hybridized carbons (Fsp3) is 0.333. The van der Waals surface area contributed by atoms with E-state index in [-0.39, 0.29) is 11.4 Å². The molecule has 1 aromatic carbocycles. The smallest absolute Gasteiger partial charge is 0.243 e. The molecule has 26 heavy (non-hydrogen) atoms. The van der Waals surface area contributed by atoms with Crippen LogP contribution in [-0.4, -0.2) is 32.2 Å². The van der Waals surface area contributed by atoms with Crippen LogP contribution in [0.3, 0.4) is 0 Å². The molecule has 0 unspecified atom stereocenters. The molecule has 8 heteroatoms. The average Bonchev–Trinajstić information content (AvgIpc) is 2.99. The first-order chi connectivity index (χ1) is 12.4. The molecule has 0 radical (unpaired) electrons. The molecule has 1 aliphatic carbocycles. The summed E-state index contributed by atoms with van der Waals surface area (Å²) in [6.45, 7) is -0.315. The molecule has 0 spiro atoms. The van der Waals surface area contributed by atoms with Gasteiger partial charge in [-0.05, 0) is 43.4 Å². The Kier molecular flexibility index (Phi) is 5.41.